The van der Waals surface area contributed by atoms with Gasteiger partial charge in [0.1, 0.15) is 22.6 Å². The number of hydrogen-bond donors (Lipinski definition) is 0. The van der Waals surface area contributed by atoms with Crippen molar-refractivity contribution in [3.05, 3.63) is 66.1 Å². The number of methoxy groups -OCH3 is 1. The van der Waals surface area contributed by atoms with Crippen LogP contribution in [-0.2, 0) is 17.8 Å². The third kappa shape index (κ3) is 3.87. The van der Waals surface area contributed by atoms with Crippen LogP contribution in [0, 0.1) is 0 Å². The fourth-order valence-corrected chi connectivity index (χ4v) is 4.37. The summed E-state index contributed by atoms with van der Waals surface area (Å²) in [6.07, 6.45) is 4.73. The van der Waals surface area contributed by atoms with Crippen molar-refractivity contribution in [2.45, 2.75) is 46.1 Å². The third-order valence-corrected chi connectivity index (χ3v) is 5.96. The minimum absolute atomic E-state index is 0.252. The van der Waals surface area contributed by atoms with Crippen molar-refractivity contribution in [3.8, 4) is 11.5 Å². The smallest absolute Gasteiger partial charge is 0.311 e. The first-order chi connectivity index (χ1) is 16.6. The maximum Gasteiger partial charge on any atom is 0.311 e. The van der Waals surface area contributed by atoms with Crippen LogP contribution in [0.4, 0.5) is 0 Å². The van der Waals surface area contributed by atoms with Crippen LogP contribution in [0.5, 0.6) is 11.5 Å². The molecule has 174 valence electrons. The first-order valence-corrected chi connectivity index (χ1v) is 11.8. The van der Waals surface area contributed by atoms with E-state index in [9.17, 15) is 4.79 Å². The largest absolute Gasteiger partial charge is 0.497 e. The summed E-state index contributed by atoms with van der Waals surface area (Å²) < 4.78 is 15.3. The van der Waals surface area contributed by atoms with Gasteiger partial charge in [0.25, 0.3) is 0 Å². The standard InChI is InChI=1S/C27H28N4O3/c1-4-8-23-29-26-25(27-28-20-10-6-7-11-21(20)31(23)27)22(34-24(32)9-5-2)17-30(26)16-18-12-14-19(33-3)15-13-18/h6-7,10-15,17H,4-5,8-9,16H2,1-3H3. The number of para-hydroxylation sites is 2. The van der Waals surface area contributed by atoms with Crippen LogP contribution in [0.1, 0.15) is 44.5 Å². The van der Waals surface area contributed by atoms with Crippen molar-refractivity contribution in [2.24, 2.45) is 0 Å². The summed E-state index contributed by atoms with van der Waals surface area (Å²) in [5.74, 6) is 2.00. The molecular formula is C27H28N4O3. The molecule has 5 rings (SSSR count). The molecule has 0 fully saturated rings. The van der Waals surface area contributed by atoms with Gasteiger partial charge in [0, 0.05) is 25.6 Å². The SMILES string of the molecule is CCCC(=O)Oc1cn(Cc2ccc(OC)cc2)c2nc(CCC)n3c4ccccc4nc3c12. The first kappa shape index (κ1) is 21.9. The molecule has 0 bridgehead atoms. The number of carbonyl (C=O) groups is 1. The van der Waals surface area contributed by atoms with Crippen LogP contribution >= 0.6 is 0 Å². The van der Waals surface area contributed by atoms with Gasteiger partial charge < -0.3 is 14.0 Å². The molecule has 3 heterocycles. The molecule has 0 aliphatic heterocycles. The summed E-state index contributed by atoms with van der Waals surface area (Å²) in [6.45, 7) is 4.69. The normalized spacial score (nSPS) is 11.5. The molecule has 0 aliphatic carbocycles. The van der Waals surface area contributed by atoms with E-state index in [1.165, 1.54) is 0 Å². The second-order valence-electron chi connectivity index (χ2n) is 8.43. The number of aromatic nitrogens is 4. The molecule has 3 aromatic heterocycles. The van der Waals surface area contributed by atoms with Gasteiger partial charge >= 0.3 is 5.97 Å². The van der Waals surface area contributed by atoms with Gasteiger partial charge in [-0.25, -0.2) is 9.97 Å². The topological polar surface area (TPSA) is 70.7 Å². The van der Waals surface area contributed by atoms with E-state index in [0.29, 0.717) is 18.7 Å². The zero-order chi connectivity index (χ0) is 23.7. The number of hydrogen-bond acceptors (Lipinski definition) is 5. The number of esters is 1. The van der Waals surface area contributed by atoms with Gasteiger partial charge in [-0.05, 0) is 42.7 Å². The number of aryl methyl sites for hydroxylation is 1. The average molecular weight is 457 g/mol. The summed E-state index contributed by atoms with van der Waals surface area (Å²) >= 11 is 0. The van der Waals surface area contributed by atoms with E-state index in [4.69, 9.17) is 19.4 Å². The highest BCUT2D eigenvalue weighted by Gasteiger charge is 2.22. The molecule has 0 radical (unpaired) electrons. The molecule has 2 aromatic carbocycles. The Kier molecular flexibility index (Phi) is 5.92. The lowest BCUT2D eigenvalue weighted by Gasteiger charge is -2.09. The zero-order valence-corrected chi connectivity index (χ0v) is 19.7. The predicted molar refractivity (Wildman–Crippen MR) is 133 cm³/mol. The lowest BCUT2D eigenvalue weighted by atomic mass is 10.2. The van der Waals surface area contributed by atoms with Gasteiger partial charge in [-0.1, -0.05) is 38.1 Å². The molecule has 0 amide bonds. The molecule has 0 spiro atoms. The maximum absolute atomic E-state index is 12.5. The van der Waals surface area contributed by atoms with E-state index < -0.39 is 0 Å². The Morgan fingerprint density at radius 3 is 2.50 bits per heavy atom. The summed E-state index contributed by atoms with van der Waals surface area (Å²) in [4.78, 5) is 22.5. The van der Waals surface area contributed by atoms with Crippen molar-refractivity contribution in [1.29, 1.82) is 0 Å². The third-order valence-electron chi connectivity index (χ3n) is 5.96. The molecule has 5 aromatic rings. The van der Waals surface area contributed by atoms with E-state index in [2.05, 4.69) is 17.4 Å². The van der Waals surface area contributed by atoms with Gasteiger partial charge in [-0.2, -0.15) is 0 Å². The fraction of sp³-hybridized carbons (Fsp3) is 0.296. The Morgan fingerprint density at radius 2 is 1.76 bits per heavy atom. The quantitative estimate of drug-likeness (QED) is 0.286. The van der Waals surface area contributed by atoms with E-state index in [-0.39, 0.29) is 5.97 Å². The van der Waals surface area contributed by atoms with Crippen molar-refractivity contribution in [1.82, 2.24) is 18.9 Å². The Morgan fingerprint density at radius 1 is 0.971 bits per heavy atom. The summed E-state index contributed by atoms with van der Waals surface area (Å²) in [5.41, 5.74) is 4.52. The van der Waals surface area contributed by atoms with E-state index >= 15 is 0 Å². The van der Waals surface area contributed by atoms with Crippen molar-refractivity contribution in [3.63, 3.8) is 0 Å². The molecule has 7 nitrogen and oxygen atoms in total. The fourth-order valence-electron chi connectivity index (χ4n) is 4.37. The number of imidazole rings is 1. The molecule has 0 N–H and O–H groups in total. The van der Waals surface area contributed by atoms with Crippen molar-refractivity contribution in [2.75, 3.05) is 7.11 Å². The molecular weight excluding hydrogens is 428 g/mol. The molecule has 0 saturated carbocycles. The zero-order valence-electron chi connectivity index (χ0n) is 19.7. The van der Waals surface area contributed by atoms with Crippen LogP contribution in [-0.4, -0.2) is 32.0 Å². The Labute approximate surface area is 198 Å². The second-order valence-corrected chi connectivity index (χ2v) is 8.43. The Bertz CT molecular complexity index is 1480. The predicted octanol–water partition coefficient (Wildman–Crippen LogP) is 5.55. The van der Waals surface area contributed by atoms with Gasteiger partial charge in [0.15, 0.2) is 11.4 Å². The summed E-state index contributed by atoms with van der Waals surface area (Å²) in [5, 5.41) is 0.758. The number of ether oxygens (including phenoxy) is 2. The van der Waals surface area contributed by atoms with Crippen LogP contribution in [0.15, 0.2) is 54.7 Å². The second kappa shape index (κ2) is 9.17. The van der Waals surface area contributed by atoms with Gasteiger partial charge in [0.05, 0.1) is 18.1 Å². The van der Waals surface area contributed by atoms with Crippen LogP contribution in [0.25, 0.3) is 27.7 Å². The van der Waals surface area contributed by atoms with Crippen LogP contribution < -0.4 is 9.47 Å². The van der Waals surface area contributed by atoms with Gasteiger partial charge in [-0.3, -0.25) is 9.20 Å². The number of rotatable bonds is 8. The number of benzene rings is 2. The maximum atomic E-state index is 12.5. The summed E-state index contributed by atoms with van der Waals surface area (Å²) in [6, 6.07) is 16.0. The lowest BCUT2D eigenvalue weighted by molar-refractivity contribution is -0.134. The first-order valence-electron chi connectivity index (χ1n) is 11.8. The molecule has 0 saturated heterocycles. The van der Waals surface area contributed by atoms with Gasteiger partial charge in [0.2, 0.25) is 0 Å². The minimum atomic E-state index is -0.252. The number of nitrogens with zero attached hydrogens (tertiary/aromatic N) is 4. The number of fused-ring (bicyclic) bond motifs is 5. The minimum Gasteiger partial charge on any atom is -0.497 e. The van der Waals surface area contributed by atoms with Gasteiger partial charge in [-0.15, -0.1) is 0 Å². The van der Waals surface area contributed by atoms with Crippen LogP contribution in [0.3, 0.4) is 0 Å². The monoisotopic (exact) mass is 456 g/mol. The van der Waals surface area contributed by atoms with Crippen molar-refractivity contribution >= 4 is 33.7 Å². The van der Waals surface area contributed by atoms with E-state index in [1.807, 2.05) is 60.2 Å². The molecule has 7 heteroatoms. The molecule has 0 atom stereocenters. The summed E-state index contributed by atoms with van der Waals surface area (Å²) in [7, 11) is 1.66. The Balaban J connectivity index is 1.75. The Hall–Kier alpha value is -3.87. The highest BCUT2D eigenvalue weighted by Crippen LogP contribution is 2.34. The number of carbonyl (C=O) groups excluding carboxylic acids is 1. The van der Waals surface area contributed by atoms with E-state index in [1.54, 1.807) is 7.11 Å². The lowest BCUT2D eigenvalue weighted by Crippen LogP contribution is -2.07. The average Bonchev–Trinajstić information content (AvgIpc) is 3.38. The highest BCUT2D eigenvalue weighted by atomic mass is 16.5. The molecule has 0 unspecified atom stereocenters. The van der Waals surface area contributed by atoms with Crippen molar-refractivity contribution < 1.29 is 14.3 Å². The van der Waals surface area contributed by atoms with E-state index in [0.717, 1.165) is 64.1 Å². The molecule has 0 aliphatic rings. The highest BCUT2D eigenvalue weighted by molar-refractivity contribution is 6.01. The molecule has 34 heavy (non-hydrogen) atoms. The van der Waals surface area contributed by atoms with Crippen LogP contribution in [0.2, 0.25) is 0 Å².